The van der Waals surface area contributed by atoms with Crippen LogP contribution in [0.2, 0.25) is 0 Å². The molecule has 0 radical (unpaired) electrons. The fourth-order valence-electron chi connectivity index (χ4n) is 3.54. The molecule has 0 aromatic carbocycles. The molecular weight excluding hydrogens is 300 g/mol. The molecule has 2 aliphatic heterocycles. The zero-order valence-electron chi connectivity index (χ0n) is 15.9. The molecule has 0 amide bonds. The monoisotopic (exact) mass is 336 g/mol. The third-order valence-electron chi connectivity index (χ3n) is 5.08. The second-order valence-electron chi connectivity index (χ2n) is 6.76. The molecule has 2 heterocycles. The molecule has 0 aromatic heterocycles. The molecule has 2 aliphatic rings. The Labute approximate surface area is 148 Å². The molecule has 0 aromatic rings. The number of aliphatic imine (C=N–C) groups is 1. The quantitative estimate of drug-likeness (QED) is 0.420. The second kappa shape index (κ2) is 10.7. The third-order valence-corrected chi connectivity index (χ3v) is 5.08. The van der Waals surface area contributed by atoms with E-state index >= 15 is 0 Å². The van der Waals surface area contributed by atoms with Crippen molar-refractivity contribution in [3.05, 3.63) is 11.6 Å². The van der Waals surface area contributed by atoms with Gasteiger partial charge in [0.05, 0.1) is 13.2 Å². The Kier molecular flexibility index (Phi) is 8.60. The van der Waals surface area contributed by atoms with Crippen LogP contribution in [0.1, 0.15) is 40.0 Å². The van der Waals surface area contributed by atoms with Gasteiger partial charge in [-0.15, -0.1) is 0 Å². The van der Waals surface area contributed by atoms with Crippen molar-refractivity contribution in [3.63, 3.8) is 0 Å². The molecule has 1 N–H and O–H groups in total. The smallest absolute Gasteiger partial charge is 0.193 e. The number of ether oxygens (including phenoxy) is 1. The van der Waals surface area contributed by atoms with Crippen molar-refractivity contribution in [2.24, 2.45) is 10.9 Å². The summed E-state index contributed by atoms with van der Waals surface area (Å²) in [5.41, 5.74) is 1.50. The predicted octanol–water partition coefficient (Wildman–Crippen LogP) is 2.35. The van der Waals surface area contributed by atoms with Gasteiger partial charge in [0, 0.05) is 32.7 Å². The van der Waals surface area contributed by atoms with Crippen molar-refractivity contribution >= 4 is 5.96 Å². The lowest BCUT2D eigenvalue weighted by atomic mass is 10.1. The average Bonchev–Trinajstić information content (AvgIpc) is 3.08. The van der Waals surface area contributed by atoms with Crippen LogP contribution in [-0.4, -0.2) is 74.8 Å². The standard InChI is InChI=1S/C19H36N4O/c1-4-20-19(21-11-7-17-9-13-24-14-10-17)23-12-8-18(16-23)15-22(5-2)6-3/h9,18H,4-8,10-16H2,1-3H3,(H,20,21). The van der Waals surface area contributed by atoms with Crippen LogP contribution in [0.4, 0.5) is 0 Å². The lowest BCUT2D eigenvalue weighted by Gasteiger charge is -2.24. The van der Waals surface area contributed by atoms with Gasteiger partial charge in [0.15, 0.2) is 5.96 Å². The average molecular weight is 337 g/mol. The van der Waals surface area contributed by atoms with Gasteiger partial charge in [-0.25, -0.2) is 0 Å². The third kappa shape index (κ3) is 6.10. The SMILES string of the molecule is CCNC(=NCCC1=CCOCC1)N1CCC(CN(CC)CC)C1. The van der Waals surface area contributed by atoms with E-state index < -0.39 is 0 Å². The van der Waals surface area contributed by atoms with Crippen LogP contribution in [0, 0.1) is 5.92 Å². The van der Waals surface area contributed by atoms with E-state index in [-0.39, 0.29) is 0 Å². The van der Waals surface area contributed by atoms with Gasteiger partial charge in [0.2, 0.25) is 0 Å². The van der Waals surface area contributed by atoms with Crippen LogP contribution in [-0.2, 0) is 4.74 Å². The Balaban J connectivity index is 1.83. The van der Waals surface area contributed by atoms with Gasteiger partial charge in [-0.3, -0.25) is 4.99 Å². The van der Waals surface area contributed by atoms with Crippen molar-refractivity contribution < 1.29 is 4.74 Å². The first-order valence-electron chi connectivity index (χ1n) is 9.78. The lowest BCUT2D eigenvalue weighted by molar-refractivity contribution is 0.153. The van der Waals surface area contributed by atoms with Crippen molar-refractivity contribution in [2.45, 2.75) is 40.0 Å². The summed E-state index contributed by atoms with van der Waals surface area (Å²) in [6.45, 7) is 15.9. The van der Waals surface area contributed by atoms with Gasteiger partial charge in [0.1, 0.15) is 0 Å². The first-order valence-corrected chi connectivity index (χ1v) is 9.78. The molecule has 1 fully saturated rings. The summed E-state index contributed by atoms with van der Waals surface area (Å²) in [7, 11) is 0. The Morgan fingerprint density at radius 3 is 2.88 bits per heavy atom. The van der Waals surface area contributed by atoms with Crippen LogP contribution in [0.5, 0.6) is 0 Å². The van der Waals surface area contributed by atoms with Gasteiger partial charge >= 0.3 is 0 Å². The van der Waals surface area contributed by atoms with E-state index in [0.29, 0.717) is 0 Å². The van der Waals surface area contributed by atoms with Crippen LogP contribution < -0.4 is 5.32 Å². The molecule has 5 nitrogen and oxygen atoms in total. The number of rotatable bonds is 8. The highest BCUT2D eigenvalue weighted by atomic mass is 16.5. The molecule has 2 rings (SSSR count). The maximum absolute atomic E-state index is 5.37. The van der Waals surface area contributed by atoms with Gasteiger partial charge < -0.3 is 19.9 Å². The first kappa shape index (κ1) is 19.3. The highest BCUT2D eigenvalue weighted by molar-refractivity contribution is 5.80. The van der Waals surface area contributed by atoms with E-state index in [2.05, 4.69) is 42.0 Å². The molecule has 1 atom stereocenters. The molecule has 1 unspecified atom stereocenters. The number of nitrogens with zero attached hydrogens (tertiary/aromatic N) is 3. The second-order valence-corrected chi connectivity index (χ2v) is 6.76. The summed E-state index contributed by atoms with van der Waals surface area (Å²) in [6, 6.07) is 0. The number of hydrogen-bond acceptors (Lipinski definition) is 3. The van der Waals surface area contributed by atoms with E-state index in [4.69, 9.17) is 9.73 Å². The van der Waals surface area contributed by atoms with E-state index in [0.717, 1.165) is 77.2 Å². The van der Waals surface area contributed by atoms with E-state index in [1.54, 1.807) is 0 Å². The number of likely N-dealkylation sites (tertiary alicyclic amines) is 1. The van der Waals surface area contributed by atoms with Crippen molar-refractivity contribution in [3.8, 4) is 0 Å². The van der Waals surface area contributed by atoms with Crippen LogP contribution in [0.15, 0.2) is 16.6 Å². The molecule has 5 heteroatoms. The van der Waals surface area contributed by atoms with E-state index in [1.165, 1.54) is 18.5 Å². The number of guanidine groups is 1. The highest BCUT2D eigenvalue weighted by Crippen LogP contribution is 2.18. The molecule has 0 saturated carbocycles. The summed E-state index contributed by atoms with van der Waals surface area (Å²) >= 11 is 0. The number of hydrogen-bond donors (Lipinski definition) is 1. The van der Waals surface area contributed by atoms with E-state index in [9.17, 15) is 0 Å². The van der Waals surface area contributed by atoms with Gasteiger partial charge in [-0.2, -0.15) is 0 Å². The maximum Gasteiger partial charge on any atom is 0.193 e. The molecule has 24 heavy (non-hydrogen) atoms. The Morgan fingerprint density at radius 2 is 2.21 bits per heavy atom. The minimum absolute atomic E-state index is 0.770. The van der Waals surface area contributed by atoms with Crippen LogP contribution >= 0.6 is 0 Å². The zero-order valence-corrected chi connectivity index (χ0v) is 15.9. The molecule has 1 saturated heterocycles. The molecular formula is C19H36N4O. The highest BCUT2D eigenvalue weighted by Gasteiger charge is 2.25. The molecule has 0 spiro atoms. The van der Waals surface area contributed by atoms with Crippen molar-refractivity contribution in [1.29, 1.82) is 0 Å². The summed E-state index contributed by atoms with van der Waals surface area (Å²) in [6.07, 6.45) is 5.64. The fraction of sp³-hybridized carbons (Fsp3) is 0.842. The minimum Gasteiger partial charge on any atom is -0.377 e. The first-order chi connectivity index (χ1) is 11.8. The van der Waals surface area contributed by atoms with E-state index in [1.807, 2.05) is 0 Å². The Bertz CT molecular complexity index is 418. The zero-order chi connectivity index (χ0) is 17.2. The van der Waals surface area contributed by atoms with Crippen LogP contribution in [0.3, 0.4) is 0 Å². The summed E-state index contributed by atoms with van der Waals surface area (Å²) < 4.78 is 5.37. The van der Waals surface area contributed by atoms with Crippen LogP contribution in [0.25, 0.3) is 0 Å². The van der Waals surface area contributed by atoms with Gasteiger partial charge in [-0.05, 0) is 45.2 Å². The summed E-state index contributed by atoms with van der Waals surface area (Å²) in [5, 5.41) is 3.48. The maximum atomic E-state index is 5.37. The van der Waals surface area contributed by atoms with Gasteiger partial charge in [0.25, 0.3) is 0 Å². The Hall–Kier alpha value is -1.07. The molecule has 0 aliphatic carbocycles. The Morgan fingerprint density at radius 1 is 1.38 bits per heavy atom. The molecule has 138 valence electrons. The number of nitrogens with one attached hydrogen (secondary N) is 1. The molecule has 0 bridgehead atoms. The van der Waals surface area contributed by atoms with Gasteiger partial charge in [-0.1, -0.05) is 25.5 Å². The van der Waals surface area contributed by atoms with Crippen molar-refractivity contribution in [1.82, 2.24) is 15.1 Å². The predicted molar refractivity (Wildman–Crippen MR) is 102 cm³/mol. The largest absolute Gasteiger partial charge is 0.377 e. The lowest BCUT2D eigenvalue weighted by Crippen LogP contribution is -2.41. The normalized spacial score (nSPS) is 22.2. The fourth-order valence-corrected chi connectivity index (χ4v) is 3.54. The summed E-state index contributed by atoms with van der Waals surface area (Å²) in [5.74, 6) is 1.87. The minimum atomic E-state index is 0.770. The van der Waals surface area contributed by atoms with Crippen molar-refractivity contribution in [2.75, 3.05) is 59.0 Å². The topological polar surface area (TPSA) is 40.1 Å². The summed E-state index contributed by atoms with van der Waals surface area (Å²) in [4.78, 5) is 9.87.